The number of ether oxygens (including phenoxy) is 6. The molecule has 0 spiro atoms. The second kappa shape index (κ2) is 25.9. The topological polar surface area (TPSA) is 130 Å². The first-order valence-corrected chi connectivity index (χ1v) is 22.0. The highest BCUT2D eigenvalue weighted by Crippen LogP contribution is 2.43. The van der Waals surface area contributed by atoms with Gasteiger partial charge in [-0.15, -0.1) is 0 Å². The van der Waals surface area contributed by atoms with Crippen LogP contribution in [0.2, 0.25) is 0 Å². The number of nitrogens with one attached hydrogen (secondary N) is 1. The van der Waals surface area contributed by atoms with Crippen molar-refractivity contribution in [2.75, 3.05) is 40.6 Å². The minimum atomic E-state index is -1.20. The van der Waals surface area contributed by atoms with Gasteiger partial charge in [-0.05, 0) is 79.5 Å². The van der Waals surface area contributed by atoms with Crippen molar-refractivity contribution < 1.29 is 33.5 Å². The Morgan fingerprint density at radius 1 is 0.705 bits per heavy atom. The first-order chi connectivity index (χ1) is 29.9. The van der Waals surface area contributed by atoms with Gasteiger partial charge < -0.3 is 33.5 Å². The van der Waals surface area contributed by atoms with Gasteiger partial charge in [0.25, 0.3) is 5.56 Å². The first kappa shape index (κ1) is 47.3. The van der Waals surface area contributed by atoms with Gasteiger partial charge in [0.1, 0.15) is 35.4 Å². The number of aromatic amines is 1. The maximum atomic E-state index is 13.0. The van der Waals surface area contributed by atoms with E-state index < -0.39 is 41.4 Å². The summed E-state index contributed by atoms with van der Waals surface area (Å²) >= 11 is 0. The van der Waals surface area contributed by atoms with Crippen LogP contribution in [0.3, 0.4) is 0 Å². The van der Waals surface area contributed by atoms with Crippen molar-refractivity contribution in [3.63, 3.8) is 0 Å². The summed E-state index contributed by atoms with van der Waals surface area (Å²) in [6.45, 7) is 3.23. The van der Waals surface area contributed by atoms with Crippen LogP contribution in [-0.4, -0.2) is 73.6 Å². The highest BCUT2D eigenvalue weighted by Gasteiger charge is 2.48. The predicted octanol–water partition coefficient (Wildman–Crippen LogP) is 9.04. The highest BCUT2D eigenvalue weighted by molar-refractivity contribution is 5.49. The number of allylic oxidation sites excluding steroid dienone is 4. The van der Waals surface area contributed by atoms with Crippen molar-refractivity contribution in [3.8, 4) is 11.5 Å². The number of H-pyrrole nitrogens is 1. The molecule has 1 aliphatic rings. The van der Waals surface area contributed by atoms with E-state index in [0.29, 0.717) is 24.7 Å². The first-order valence-electron chi connectivity index (χ1n) is 22.0. The molecule has 0 unspecified atom stereocenters. The number of benzene rings is 3. The van der Waals surface area contributed by atoms with Crippen molar-refractivity contribution in [3.05, 3.63) is 153 Å². The van der Waals surface area contributed by atoms with Gasteiger partial charge >= 0.3 is 5.69 Å². The fraction of sp³-hybridized carbons (Fsp3) is 0.480. The van der Waals surface area contributed by atoms with Gasteiger partial charge in [-0.3, -0.25) is 14.3 Å². The number of hydrogen-bond acceptors (Lipinski definition) is 9. The van der Waals surface area contributed by atoms with E-state index in [-0.39, 0.29) is 13.2 Å². The lowest BCUT2D eigenvalue weighted by atomic mass is 9.80. The van der Waals surface area contributed by atoms with Crippen molar-refractivity contribution in [1.29, 1.82) is 0 Å². The Morgan fingerprint density at radius 2 is 1.30 bits per heavy atom. The zero-order valence-corrected chi connectivity index (χ0v) is 36.3. The van der Waals surface area contributed by atoms with Crippen LogP contribution in [0.4, 0.5) is 0 Å². The summed E-state index contributed by atoms with van der Waals surface area (Å²) in [5.74, 6) is 1.38. The normalized spacial score (nSPS) is 18.0. The average Bonchev–Trinajstić information content (AvgIpc) is 3.60. The molecule has 11 nitrogen and oxygen atoms in total. The Labute approximate surface area is 361 Å². The third-order valence-corrected chi connectivity index (χ3v) is 11.1. The minimum absolute atomic E-state index is 0.0906. The summed E-state index contributed by atoms with van der Waals surface area (Å²) in [6, 6.07) is 26.4. The summed E-state index contributed by atoms with van der Waals surface area (Å²) < 4.78 is 37.8. The molecule has 4 aromatic rings. The molecule has 0 bridgehead atoms. The fourth-order valence-electron chi connectivity index (χ4n) is 7.71. The van der Waals surface area contributed by atoms with Crippen molar-refractivity contribution in [2.45, 2.75) is 114 Å². The molecule has 330 valence electrons. The van der Waals surface area contributed by atoms with Crippen molar-refractivity contribution >= 4 is 0 Å². The largest absolute Gasteiger partial charge is 0.497 e. The third-order valence-electron chi connectivity index (χ3n) is 11.1. The van der Waals surface area contributed by atoms with Crippen LogP contribution < -0.4 is 20.7 Å². The predicted molar refractivity (Wildman–Crippen MR) is 239 cm³/mol. The maximum absolute atomic E-state index is 13.0. The minimum Gasteiger partial charge on any atom is -0.497 e. The lowest BCUT2D eigenvalue weighted by Gasteiger charge is -2.37. The number of unbranched alkanes of at least 4 members (excludes halogenated alkanes) is 9. The molecule has 2 heterocycles. The maximum Gasteiger partial charge on any atom is 0.330 e. The van der Waals surface area contributed by atoms with Crippen molar-refractivity contribution in [1.82, 2.24) is 9.55 Å². The third kappa shape index (κ3) is 13.9. The molecule has 0 aliphatic carbocycles. The molecule has 3 aromatic carbocycles. The zero-order valence-electron chi connectivity index (χ0n) is 36.3. The van der Waals surface area contributed by atoms with E-state index in [1.54, 1.807) is 14.2 Å². The van der Waals surface area contributed by atoms with Crippen LogP contribution in [0.1, 0.15) is 107 Å². The summed E-state index contributed by atoms with van der Waals surface area (Å²) in [7, 11) is 3.23. The zero-order chi connectivity index (χ0) is 43.1. The molecule has 0 amide bonds. The Morgan fingerprint density at radius 3 is 1.90 bits per heavy atom. The molecule has 1 aromatic heterocycles. The molecule has 11 heteroatoms. The van der Waals surface area contributed by atoms with Crippen LogP contribution in [0.25, 0.3) is 0 Å². The summed E-state index contributed by atoms with van der Waals surface area (Å²) in [5.41, 5.74) is 0.0913. The molecule has 1 saturated heterocycles. The second-order valence-corrected chi connectivity index (χ2v) is 15.4. The number of methoxy groups -OCH3 is 2. The lowest BCUT2D eigenvalue weighted by Crippen LogP contribution is -2.41. The number of aliphatic hydroxyl groups is 1. The average molecular weight is 839 g/mol. The number of rotatable bonds is 28. The van der Waals surface area contributed by atoms with Gasteiger partial charge in [0, 0.05) is 18.9 Å². The molecule has 2 N–H and O–H groups in total. The smallest absolute Gasteiger partial charge is 0.330 e. The molecule has 5 rings (SSSR count). The van der Waals surface area contributed by atoms with E-state index in [9.17, 15) is 14.7 Å². The summed E-state index contributed by atoms with van der Waals surface area (Å²) in [5, 5.41) is 11.8. The quantitative estimate of drug-likeness (QED) is 0.0327. The van der Waals surface area contributed by atoms with Crippen LogP contribution >= 0.6 is 0 Å². The molecular weight excluding hydrogens is 773 g/mol. The number of aromatic nitrogens is 2. The highest BCUT2D eigenvalue weighted by atomic mass is 16.6. The van der Waals surface area contributed by atoms with Crippen molar-refractivity contribution in [2.24, 2.45) is 0 Å². The van der Waals surface area contributed by atoms with E-state index in [4.69, 9.17) is 28.4 Å². The van der Waals surface area contributed by atoms with E-state index in [0.717, 1.165) is 42.4 Å². The SMILES string of the molecule is CCCCC/C=C\C/C=C\CCCCCCCCOCCO[C@@H]1[C@H](O)[C@@H](COC(c2ccccc2)(c2ccc(OC)cc2)c2ccc(OC)cc2)O[C@H]1n1ccc(=O)[nH]c1=O. The number of hydrogen-bond donors (Lipinski definition) is 2. The molecule has 1 aliphatic heterocycles. The van der Waals surface area contributed by atoms with E-state index in [1.807, 2.05) is 78.9 Å². The Bertz CT molecular complexity index is 1940. The number of nitrogens with zero attached hydrogens (tertiary/aromatic N) is 1. The monoisotopic (exact) mass is 838 g/mol. The lowest BCUT2D eigenvalue weighted by molar-refractivity contribution is -0.0999. The Hall–Kier alpha value is -4.78. The van der Waals surface area contributed by atoms with Gasteiger partial charge in [0.2, 0.25) is 0 Å². The van der Waals surface area contributed by atoms with Gasteiger partial charge in [0.05, 0.1) is 34.0 Å². The van der Waals surface area contributed by atoms with Crippen LogP contribution in [0.15, 0.2) is 125 Å². The molecule has 61 heavy (non-hydrogen) atoms. The molecule has 0 saturated carbocycles. The van der Waals surface area contributed by atoms with E-state index in [1.165, 1.54) is 68.2 Å². The second-order valence-electron chi connectivity index (χ2n) is 15.4. The van der Waals surface area contributed by atoms with Crippen LogP contribution in [0.5, 0.6) is 11.5 Å². The molecule has 1 fully saturated rings. The Balaban J connectivity index is 1.17. The van der Waals surface area contributed by atoms with E-state index in [2.05, 4.69) is 36.2 Å². The van der Waals surface area contributed by atoms with Crippen LogP contribution in [-0.2, 0) is 24.5 Å². The number of aliphatic hydroxyl groups excluding tert-OH is 1. The standard InChI is InChI=1S/C50H66N2O9/c1-4-5-6-7-8-9-10-11-12-13-14-15-16-17-18-22-35-58-36-37-59-47-46(54)44(61-48(47)52-34-33-45(53)51-49(52)55)38-60-50(39-23-20-19-21-24-39,40-25-29-42(56-2)30-26-40)41-27-31-43(57-3)32-28-41/h8-9,11-12,19-21,23-34,44,46-48,54H,4-7,10,13-18,22,35-38H2,1-3H3,(H,51,53,55)/b9-8-,12-11-/t44-,46-,47-,48-/m1/s1. The van der Waals surface area contributed by atoms with Gasteiger partial charge in [0.15, 0.2) is 6.23 Å². The molecule has 4 atom stereocenters. The van der Waals surface area contributed by atoms with E-state index >= 15 is 0 Å². The fourth-order valence-corrected chi connectivity index (χ4v) is 7.71. The van der Waals surface area contributed by atoms with Gasteiger partial charge in [-0.25, -0.2) is 4.79 Å². The molecular formula is C50H66N2O9. The molecule has 0 radical (unpaired) electrons. The summed E-state index contributed by atoms with van der Waals surface area (Å²) in [4.78, 5) is 27.3. The van der Waals surface area contributed by atoms with Crippen LogP contribution in [0, 0.1) is 0 Å². The van der Waals surface area contributed by atoms with Gasteiger partial charge in [-0.1, -0.05) is 124 Å². The van der Waals surface area contributed by atoms with Gasteiger partial charge in [-0.2, -0.15) is 0 Å². The Kier molecular flexibility index (Phi) is 20.0. The summed E-state index contributed by atoms with van der Waals surface area (Å²) in [6.07, 6.45) is 20.5.